The predicted molar refractivity (Wildman–Crippen MR) is 451 cm³/mol. The van der Waals surface area contributed by atoms with E-state index in [1.807, 2.05) is 0 Å². The SMILES string of the molecule is CCCCCCCCCCC(=O)OC[C@H](COP(=O)(O)OC[C@H](O)COP(=O)(O)OC[C@@H](COC(=O)CCCCCCCCCCCCCCCCCCCCC(C)C)OC(=O)CCCCCCCCCCCCCCCCCCCCC(C)CC)OC(=O)CCCCCCCCCCCCCCCCC(C)CC. The van der Waals surface area contributed by atoms with Crippen molar-refractivity contribution in [2.45, 2.75) is 497 Å². The van der Waals surface area contributed by atoms with Crippen LogP contribution in [0.3, 0.4) is 0 Å². The Balaban J connectivity index is 5.18. The summed E-state index contributed by atoms with van der Waals surface area (Å²) >= 11 is 0. The third kappa shape index (κ3) is 81.0. The molecule has 0 aromatic rings. The number of carbonyl (C=O) groups is 4. The van der Waals surface area contributed by atoms with Crippen molar-refractivity contribution in [3.05, 3.63) is 0 Å². The molecule has 3 N–H and O–H groups in total. The Labute approximate surface area is 670 Å². The summed E-state index contributed by atoms with van der Waals surface area (Å²) in [6.07, 6.45) is 72.3. The van der Waals surface area contributed by atoms with E-state index in [1.165, 1.54) is 283 Å². The molecule has 0 saturated carbocycles. The zero-order valence-corrected chi connectivity index (χ0v) is 73.8. The highest BCUT2D eigenvalue weighted by atomic mass is 31.2. The molecular formula is C90H176O17P2. The van der Waals surface area contributed by atoms with Crippen LogP contribution < -0.4 is 0 Å². The fraction of sp³-hybridized carbons (Fsp3) is 0.956. The van der Waals surface area contributed by atoms with E-state index in [0.717, 1.165) is 114 Å². The highest BCUT2D eigenvalue weighted by molar-refractivity contribution is 7.47. The second kappa shape index (κ2) is 79.9. The van der Waals surface area contributed by atoms with Crippen molar-refractivity contribution in [1.29, 1.82) is 0 Å². The van der Waals surface area contributed by atoms with Gasteiger partial charge in [-0.05, 0) is 43.4 Å². The van der Waals surface area contributed by atoms with E-state index >= 15 is 0 Å². The average molecular weight is 1590 g/mol. The number of aliphatic hydroxyl groups excluding tert-OH is 1. The summed E-state index contributed by atoms with van der Waals surface area (Å²) < 4.78 is 68.9. The molecule has 7 atom stereocenters. The number of aliphatic hydroxyl groups is 1. The molecule has 4 unspecified atom stereocenters. The maximum absolute atomic E-state index is 13.2. The standard InChI is InChI=1S/C90H176O17P2/c1-8-11-12-13-14-50-57-64-71-87(92)100-77-85(106-89(94)74-67-60-53-46-40-34-28-27-31-37-43-49-56-63-70-83(7)10-3)79-104-108(96,97)102-75-84(91)76-103-109(98,99)105-80-86(78-101-88(93)72-65-58-51-44-38-32-25-21-17-15-19-23-29-35-41-47-54-61-68-81(4)5)107-90(95)73-66-59-52-45-39-33-26-22-18-16-20-24-30-36-42-48-55-62-69-82(6)9-2/h81-86,91H,8-80H2,1-7H3,(H,96,97)(H,98,99)/t82?,83?,84-,85+,86+/m0/s1. The van der Waals surface area contributed by atoms with Crippen molar-refractivity contribution < 1.29 is 80.2 Å². The van der Waals surface area contributed by atoms with Gasteiger partial charge < -0.3 is 33.8 Å². The monoisotopic (exact) mass is 1590 g/mol. The molecule has 0 aromatic heterocycles. The maximum atomic E-state index is 13.2. The number of unbranched alkanes of at least 4 members (excludes halogenated alkanes) is 54. The van der Waals surface area contributed by atoms with Crippen molar-refractivity contribution in [3.8, 4) is 0 Å². The molecule has 0 saturated heterocycles. The number of ether oxygens (including phenoxy) is 4. The lowest BCUT2D eigenvalue weighted by Gasteiger charge is -2.21. The molecule has 0 spiro atoms. The van der Waals surface area contributed by atoms with Crippen LogP contribution in [-0.4, -0.2) is 96.7 Å². The Morgan fingerprint density at radius 2 is 0.468 bits per heavy atom. The predicted octanol–water partition coefficient (Wildman–Crippen LogP) is 27.6. The molecule has 0 aromatic carbocycles. The number of hydrogen-bond acceptors (Lipinski definition) is 15. The van der Waals surface area contributed by atoms with Crippen molar-refractivity contribution in [2.75, 3.05) is 39.6 Å². The number of phosphoric ester groups is 2. The molecule has 17 nitrogen and oxygen atoms in total. The molecule has 0 aliphatic carbocycles. The first-order chi connectivity index (χ1) is 52.8. The summed E-state index contributed by atoms with van der Waals surface area (Å²) in [5.74, 6) is 0.438. The van der Waals surface area contributed by atoms with Gasteiger partial charge in [-0.1, -0.05) is 427 Å². The van der Waals surface area contributed by atoms with Gasteiger partial charge in [-0.3, -0.25) is 37.3 Å². The Bertz CT molecular complexity index is 2100. The van der Waals surface area contributed by atoms with Gasteiger partial charge in [0.2, 0.25) is 0 Å². The van der Waals surface area contributed by atoms with Crippen molar-refractivity contribution in [1.82, 2.24) is 0 Å². The van der Waals surface area contributed by atoms with Gasteiger partial charge in [0, 0.05) is 25.7 Å². The molecule has 0 heterocycles. The van der Waals surface area contributed by atoms with Crippen molar-refractivity contribution in [3.63, 3.8) is 0 Å². The summed E-state index contributed by atoms with van der Waals surface area (Å²) in [7, 11) is -9.93. The van der Waals surface area contributed by atoms with Gasteiger partial charge in [0.1, 0.15) is 19.3 Å². The second-order valence-corrected chi connectivity index (χ2v) is 36.2. The molecule has 0 aliphatic rings. The first-order valence-corrected chi connectivity index (χ1v) is 49.4. The molecule has 648 valence electrons. The van der Waals surface area contributed by atoms with E-state index < -0.39 is 97.5 Å². The molecular weight excluding hydrogens is 1410 g/mol. The minimum Gasteiger partial charge on any atom is -0.462 e. The first kappa shape index (κ1) is 107. The summed E-state index contributed by atoms with van der Waals surface area (Å²) in [5.41, 5.74) is 0. The highest BCUT2D eigenvalue weighted by Gasteiger charge is 2.31. The minimum absolute atomic E-state index is 0.108. The van der Waals surface area contributed by atoms with Gasteiger partial charge in [-0.15, -0.1) is 0 Å². The van der Waals surface area contributed by atoms with Crippen LogP contribution in [0, 0.1) is 17.8 Å². The Hall–Kier alpha value is -1.94. The number of hydrogen-bond donors (Lipinski definition) is 3. The number of carbonyl (C=O) groups excluding carboxylic acids is 4. The molecule has 0 bridgehead atoms. The summed E-state index contributed by atoms with van der Waals surface area (Å²) in [6.45, 7) is 12.1. The zero-order chi connectivity index (χ0) is 80.0. The smallest absolute Gasteiger partial charge is 0.462 e. The number of esters is 4. The van der Waals surface area contributed by atoms with E-state index in [-0.39, 0.29) is 25.7 Å². The van der Waals surface area contributed by atoms with Gasteiger partial charge in [0.25, 0.3) is 0 Å². The summed E-state index contributed by atoms with van der Waals surface area (Å²) in [6, 6.07) is 0. The molecule has 0 fully saturated rings. The largest absolute Gasteiger partial charge is 0.472 e. The van der Waals surface area contributed by atoms with Gasteiger partial charge in [-0.25, -0.2) is 9.13 Å². The van der Waals surface area contributed by atoms with Gasteiger partial charge in [0.05, 0.1) is 26.4 Å². The van der Waals surface area contributed by atoms with E-state index in [4.69, 9.17) is 37.0 Å². The number of rotatable bonds is 88. The van der Waals surface area contributed by atoms with Crippen LogP contribution >= 0.6 is 15.6 Å². The summed E-state index contributed by atoms with van der Waals surface area (Å²) in [5, 5.41) is 10.7. The van der Waals surface area contributed by atoms with Crippen molar-refractivity contribution in [2.24, 2.45) is 17.8 Å². The molecule has 0 rings (SSSR count). The lowest BCUT2D eigenvalue weighted by molar-refractivity contribution is -0.161. The Morgan fingerprint density at radius 3 is 0.697 bits per heavy atom. The quantitative estimate of drug-likeness (QED) is 0.0222. The van der Waals surface area contributed by atoms with Crippen LogP contribution in [0.15, 0.2) is 0 Å². The molecule has 0 amide bonds. The molecule has 0 radical (unpaired) electrons. The van der Waals surface area contributed by atoms with E-state index in [1.54, 1.807) is 0 Å². The van der Waals surface area contributed by atoms with Crippen LogP contribution in [0.25, 0.3) is 0 Å². The lowest BCUT2D eigenvalue weighted by atomic mass is 9.99. The normalized spacial score (nSPS) is 14.3. The lowest BCUT2D eigenvalue weighted by Crippen LogP contribution is -2.30. The van der Waals surface area contributed by atoms with E-state index in [0.29, 0.717) is 25.7 Å². The third-order valence-electron chi connectivity index (χ3n) is 21.9. The minimum atomic E-state index is -4.97. The van der Waals surface area contributed by atoms with Gasteiger partial charge in [-0.2, -0.15) is 0 Å². The van der Waals surface area contributed by atoms with Gasteiger partial charge in [0.15, 0.2) is 12.2 Å². The molecule has 19 heteroatoms. The fourth-order valence-corrected chi connectivity index (χ4v) is 15.6. The first-order valence-electron chi connectivity index (χ1n) is 46.4. The van der Waals surface area contributed by atoms with Crippen LogP contribution in [-0.2, 0) is 65.4 Å². The Morgan fingerprint density at radius 1 is 0.266 bits per heavy atom. The molecule has 0 aliphatic heterocycles. The summed E-state index contributed by atoms with van der Waals surface area (Å²) in [4.78, 5) is 73.2. The second-order valence-electron chi connectivity index (χ2n) is 33.3. The van der Waals surface area contributed by atoms with Crippen LogP contribution in [0.2, 0.25) is 0 Å². The maximum Gasteiger partial charge on any atom is 0.472 e. The topological polar surface area (TPSA) is 237 Å². The van der Waals surface area contributed by atoms with E-state index in [9.17, 15) is 43.2 Å². The van der Waals surface area contributed by atoms with Gasteiger partial charge >= 0.3 is 39.5 Å². The van der Waals surface area contributed by atoms with Crippen molar-refractivity contribution >= 4 is 39.5 Å². The van der Waals surface area contributed by atoms with Crippen LogP contribution in [0.5, 0.6) is 0 Å². The average Bonchev–Trinajstić information content (AvgIpc) is 0.899. The third-order valence-corrected chi connectivity index (χ3v) is 23.8. The molecule has 109 heavy (non-hydrogen) atoms. The number of phosphoric acid groups is 2. The van der Waals surface area contributed by atoms with Crippen LogP contribution in [0.1, 0.15) is 479 Å². The van der Waals surface area contributed by atoms with Crippen LogP contribution in [0.4, 0.5) is 0 Å². The fourth-order valence-electron chi connectivity index (χ4n) is 14.0. The Kier molecular flexibility index (Phi) is 78.5. The van der Waals surface area contributed by atoms with E-state index in [2.05, 4.69) is 48.5 Å². The zero-order valence-electron chi connectivity index (χ0n) is 72.0. The highest BCUT2D eigenvalue weighted by Crippen LogP contribution is 2.45.